The molecule has 0 unspecified atom stereocenters. The first-order valence-corrected chi connectivity index (χ1v) is 10.9. The van der Waals surface area contributed by atoms with Crippen molar-refractivity contribution in [2.24, 2.45) is 40.6 Å². The number of carbonyl (C=O) groups excluding carboxylic acids is 2. The maximum Gasteiger partial charge on any atom is 0.281 e. The van der Waals surface area contributed by atoms with E-state index in [1.807, 2.05) is 0 Å². The van der Waals surface area contributed by atoms with E-state index >= 15 is 0 Å². The number of nitro benzene ring substituents is 1. The van der Waals surface area contributed by atoms with Gasteiger partial charge in [-0.25, -0.2) is 0 Å². The van der Waals surface area contributed by atoms with Gasteiger partial charge in [-0.2, -0.15) is 10.1 Å². The molecule has 9 heteroatoms. The van der Waals surface area contributed by atoms with Crippen LogP contribution in [0.3, 0.4) is 0 Å². The third-order valence-electron chi connectivity index (χ3n) is 6.99. The third-order valence-corrected chi connectivity index (χ3v) is 7.48. The molecule has 0 N–H and O–H groups in total. The van der Waals surface area contributed by atoms with Crippen molar-refractivity contribution in [3.05, 3.63) is 62.8 Å². The first-order chi connectivity index (χ1) is 14.9. The van der Waals surface area contributed by atoms with E-state index in [1.54, 1.807) is 24.3 Å². The molecule has 0 spiro atoms. The number of furan rings is 1. The molecule has 8 nitrogen and oxygen atoms in total. The second kappa shape index (κ2) is 6.46. The van der Waals surface area contributed by atoms with Crippen LogP contribution in [-0.4, -0.2) is 28.0 Å². The Bertz CT molecular complexity index is 1180. The number of hydrogen-bond donors (Lipinski definition) is 0. The van der Waals surface area contributed by atoms with E-state index in [0.29, 0.717) is 33.4 Å². The first kappa shape index (κ1) is 18.7. The van der Waals surface area contributed by atoms with Gasteiger partial charge in [0.2, 0.25) is 0 Å². The zero-order valence-electron chi connectivity index (χ0n) is 16.1. The zero-order chi connectivity index (χ0) is 21.4. The Labute approximate surface area is 184 Å². The fraction of sp³-hybridized carbons (Fsp3) is 0.318. The predicted octanol–water partition coefficient (Wildman–Crippen LogP) is 4.00. The van der Waals surface area contributed by atoms with Crippen LogP contribution in [0, 0.1) is 45.6 Å². The number of allylic oxidation sites excluding steroid dienone is 2. The van der Waals surface area contributed by atoms with Crippen molar-refractivity contribution < 1.29 is 18.9 Å². The minimum Gasteiger partial charge on any atom is -0.455 e. The smallest absolute Gasteiger partial charge is 0.281 e. The lowest BCUT2D eigenvalue weighted by Gasteiger charge is -2.37. The minimum absolute atomic E-state index is 0.0947. The van der Waals surface area contributed by atoms with E-state index in [4.69, 9.17) is 4.42 Å². The lowest BCUT2D eigenvalue weighted by molar-refractivity contribution is -0.384. The number of amides is 2. The zero-order valence-corrected chi connectivity index (χ0v) is 17.6. The number of benzene rings is 1. The van der Waals surface area contributed by atoms with Gasteiger partial charge in [-0.15, -0.1) is 0 Å². The molecule has 2 bridgehead atoms. The van der Waals surface area contributed by atoms with Crippen molar-refractivity contribution in [3.8, 4) is 11.3 Å². The number of carbonyl (C=O) groups is 2. The lowest BCUT2D eigenvalue weighted by atomic mass is 9.63. The monoisotopic (exact) mass is 481 g/mol. The Hall–Kier alpha value is -3.07. The SMILES string of the molecule is O=C1[C@@H]2[C@H]3C=C[C@@H]([C@@H]4C[C@@H]34)[C@@H]2C(=O)N1/N=C\c1ccc(-c2ccc(Br)cc2[N+](=O)[O-])o1. The number of halogens is 1. The van der Waals surface area contributed by atoms with Gasteiger partial charge in [0.1, 0.15) is 11.5 Å². The molecule has 2 saturated carbocycles. The molecule has 4 aliphatic carbocycles. The van der Waals surface area contributed by atoms with Gasteiger partial charge in [0.25, 0.3) is 17.5 Å². The van der Waals surface area contributed by atoms with E-state index < -0.39 is 4.92 Å². The van der Waals surface area contributed by atoms with Gasteiger partial charge >= 0.3 is 0 Å². The van der Waals surface area contributed by atoms with Gasteiger partial charge in [0.15, 0.2) is 0 Å². The van der Waals surface area contributed by atoms with Gasteiger partial charge in [0.05, 0.1) is 28.5 Å². The normalized spacial score (nSPS) is 32.6. The Kier molecular flexibility index (Phi) is 3.89. The van der Waals surface area contributed by atoms with Crippen molar-refractivity contribution in [3.63, 3.8) is 0 Å². The van der Waals surface area contributed by atoms with Crippen LogP contribution in [0.1, 0.15) is 12.2 Å². The van der Waals surface area contributed by atoms with E-state index in [0.717, 1.165) is 11.4 Å². The maximum absolute atomic E-state index is 13.0. The highest BCUT2D eigenvalue weighted by atomic mass is 79.9. The first-order valence-electron chi connectivity index (χ1n) is 10.1. The summed E-state index contributed by atoms with van der Waals surface area (Å²) in [6, 6.07) is 7.89. The summed E-state index contributed by atoms with van der Waals surface area (Å²) in [7, 11) is 0. The lowest BCUT2D eigenvalue weighted by Crippen LogP contribution is -2.40. The highest BCUT2D eigenvalue weighted by Crippen LogP contribution is 2.65. The van der Waals surface area contributed by atoms with Crippen molar-refractivity contribution in [1.82, 2.24) is 5.01 Å². The Morgan fingerprint density at radius 3 is 2.42 bits per heavy atom. The van der Waals surface area contributed by atoms with Crippen LogP contribution in [0.2, 0.25) is 0 Å². The van der Waals surface area contributed by atoms with E-state index in [1.165, 1.54) is 12.3 Å². The fourth-order valence-electron chi connectivity index (χ4n) is 5.60. The Morgan fingerprint density at radius 2 is 1.77 bits per heavy atom. The van der Waals surface area contributed by atoms with E-state index in [-0.39, 0.29) is 41.2 Å². The summed E-state index contributed by atoms with van der Waals surface area (Å²) < 4.78 is 6.29. The molecule has 1 aliphatic heterocycles. The molecule has 1 aromatic heterocycles. The van der Waals surface area contributed by atoms with Crippen molar-refractivity contribution in [1.29, 1.82) is 0 Å². The molecule has 6 atom stereocenters. The highest BCUT2D eigenvalue weighted by molar-refractivity contribution is 9.10. The number of nitrogens with zero attached hydrogens (tertiary/aromatic N) is 3. The van der Waals surface area contributed by atoms with Gasteiger partial charge in [-0.05, 0) is 54.4 Å². The van der Waals surface area contributed by atoms with Gasteiger partial charge < -0.3 is 4.42 Å². The van der Waals surface area contributed by atoms with Crippen LogP contribution >= 0.6 is 15.9 Å². The highest BCUT2D eigenvalue weighted by Gasteiger charge is 2.67. The van der Waals surface area contributed by atoms with Crippen molar-refractivity contribution in [2.45, 2.75) is 6.42 Å². The fourth-order valence-corrected chi connectivity index (χ4v) is 5.95. The molecular formula is C22H16BrN3O5. The summed E-state index contributed by atoms with van der Waals surface area (Å²) in [6.45, 7) is 0. The summed E-state index contributed by atoms with van der Waals surface area (Å²) in [5, 5.41) is 16.5. The minimum atomic E-state index is -0.480. The summed E-state index contributed by atoms with van der Waals surface area (Å²) in [5.41, 5.74) is 0.233. The van der Waals surface area contributed by atoms with Gasteiger partial charge in [-0.1, -0.05) is 28.1 Å². The molecule has 2 aromatic rings. The van der Waals surface area contributed by atoms with Crippen LogP contribution in [0.25, 0.3) is 11.3 Å². The molecule has 156 valence electrons. The molecule has 2 heterocycles. The molecule has 31 heavy (non-hydrogen) atoms. The van der Waals surface area contributed by atoms with E-state index in [2.05, 4.69) is 33.2 Å². The molecular weight excluding hydrogens is 466 g/mol. The Morgan fingerprint density at radius 1 is 1.10 bits per heavy atom. The quantitative estimate of drug-likeness (QED) is 0.215. The van der Waals surface area contributed by atoms with Crippen LogP contribution in [-0.2, 0) is 9.59 Å². The molecule has 5 aliphatic rings. The third kappa shape index (κ3) is 2.69. The largest absolute Gasteiger partial charge is 0.455 e. The molecule has 1 saturated heterocycles. The van der Waals surface area contributed by atoms with Crippen LogP contribution in [0.4, 0.5) is 5.69 Å². The summed E-state index contributed by atoms with van der Waals surface area (Å²) >= 11 is 3.23. The van der Waals surface area contributed by atoms with Crippen LogP contribution in [0.15, 0.2) is 56.5 Å². The van der Waals surface area contributed by atoms with Crippen molar-refractivity contribution >= 4 is 39.6 Å². The summed E-state index contributed by atoms with van der Waals surface area (Å²) in [6.07, 6.45) is 6.65. The molecule has 2 amide bonds. The number of nitro groups is 1. The van der Waals surface area contributed by atoms with Gasteiger partial charge in [0, 0.05) is 10.5 Å². The molecule has 7 rings (SSSR count). The number of hydrogen-bond acceptors (Lipinski definition) is 6. The number of rotatable bonds is 4. The average Bonchev–Trinajstić information content (AvgIpc) is 3.39. The second-order valence-electron chi connectivity index (χ2n) is 8.51. The number of imide groups is 1. The maximum atomic E-state index is 13.0. The number of hydrazone groups is 1. The summed E-state index contributed by atoms with van der Waals surface area (Å²) in [4.78, 5) is 36.8. The Balaban J connectivity index is 1.26. The average molecular weight is 482 g/mol. The van der Waals surface area contributed by atoms with Crippen LogP contribution in [0.5, 0.6) is 0 Å². The standard InChI is InChI=1S/C22H16BrN3O5/c23-10-1-3-14(17(7-10)26(29)30)18-6-2-11(31-18)9-24-25-21(27)19-12-4-5-13(16-8-15(12)16)20(19)22(25)28/h1-7,9,12-13,15-16,19-20H,8H2/b24-9-/t12-,13-,15-,16-,19-,20+/m0/s1. The molecule has 3 fully saturated rings. The predicted molar refractivity (Wildman–Crippen MR) is 113 cm³/mol. The van der Waals surface area contributed by atoms with Crippen molar-refractivity contribution in [2.75, 3.05) is 0 Å². The van der Waals surface area contributed by atoms with Crippen LogP contribution < -0.4 is 0 Å². The summed E-state index contributed by atoms with van der Waals surface area (Å²) in [5.74, 6) is 0.856. The topological polar surface area (TPSA) is 106 Å². The van der Waals surface area contributed by atoms with E-state index in [9.17, 15) is 19.7 Å². The second-order valence-corrected chi connectivity index (χ2v) is 9.42. The molecule has 1 aromatic carbocycles. The van der Waals surface area contributed by atoms with Gasteiger partial charge in [-0.3, -0.25) is 19.7 Å². The molecule has 0 radical (unpaired) electrons.